The lowest BCUT2D eigenvalue weighted by molar-refractivity contribution is -0.136. The molecule has 3 amide bonds. The minimum atomic E-state index is -0.733. The highest BCUT2D eigenvalue weighted by Gasteiger charge is 2.58. The summed E-state index contributed by atoms with van der Waals surface area (Å²) in [5.74, 6) is 0.242. The van der Waals surface area contributed by atoms with Crippen LogP contribution in [0.3, 0.4) is 0 Å². The van der Waals surface area contributed by atoms with Crippen LogP contribution in [0, 0.1) is 5.92 Å². The van der Waals surface area contributed by atoms with Gasteiger partial charge in [0.15, 0.2) is 0 Å². The molecule has 7 heteroatoms. The average Bonchev–Trinajstić information content (AvgIpc) is 3.38. The van der Waals surface area contributed by atoms with Crippen LogP contribution < -0.4 is 0 Å². The molecule has 0 unspecified atom stereocenters. The summed E-state index contributed by atoms with van der Waals surface area (Å²) in [4.78, 5) is 40.8. The van der Waals surface area contributed by atoms with Gasteiger partial charge in [-0.1, -0.05) is 38.1 Å². The summed E-state index contributed by atoms with van der Waals surface area (Å²) >= 11 is 0. The van der Waals surface area contributed by atoms with Crippen molar-refractivity contribution >= 4 is 22.8 Å². The molecule has 0 radical (unpaired) electrons. The lowest BCUT2D eigenvalue weighted by atomic mass is 9.84. The first-order valence-electron chi connectivity index (χ1n) is 13.2. The highest BCUT2D eigenvalue weighted by atomic mass is 16.2. The van der Waals surface area contributed by atoms with Gasteiger partial charge in [0.25, 0.3) is 5.91 Å². The van der Waals surface area contributed by atoms with E-state index in [1.54, 1.807) is 6.20 Å². The molecule has 1 atom stereocenters. The molecular formula is C29H37N5O2. The Bertz CT molecular complexity index is 1210. The number of para-hydroxylation sites is 1. The summed E-state index contributed by atoms with van der Waals surface area (Å²) in [5.41, 5.74) is 2.55. The number of nitrogens with zero attached hydrogens (tertiary/aromatic N) is 4. The molecule has 1 N–H and O–H groups in total. The molecule has 5 rings (SSSR count). The van der Waals surface area contributed by atoms with E-state index in [-0.39, 0.29) is 18.5 Å². The van der Waals surface area contributed by atoms with Crippen molar-refractivity contribution in [1.29, 1.82) is 0 Å². The van der Waals surface area contributed by atoms with E-state index >= 15 is 0 Å². The van der Waals surface area contributed by atoms with Crippen LogP contribution in [0.15, 0.2) is 54.9 Å². The second-order valence-corrected chi connectivity index (χ2v) is 10.8. The summed E-state index contributed by atoms with van der Waals surface area (Å²) < 4.78 is 0. The van der Waals surface area contributed by atoms with Gasteiger partial charge in [-0.05, 0) is 62.3 Å². The van der Waals surface area contributed by atoms with Crippen LogP contribution in [-0.4, -0.2) is 67.8 Å². The summed E-state index contributed by atoms with van der Waals surface area (Å²) in [6, 6.07) is 14.3. The molecule has 0 saturated carbocycles. The molecule has 4 heterocycles. The van der Waals surface area contributed by atoms with E-state index in [4.69, 9.17) is 0 Å². The number of aryl methyl sites for hydroxylation is 1. The van der Waals surface area contributed by atoms with Gasteiger partial charge in [0, 0.05) is 49.0 Å². The number of hydrogen-bond acceptors (Lipinski definition) is 4. The van der Waals surface area contributed by atoms with Crippen molar-refractivity contribution in [2.75, 3.05) is 19.6 Å². The number of nitrogens with one attached hydrogen (secondary N) is 1. The van der Waals surface area contributed by atoms with E-state index in [0.29, 0.717) is 31.3 Å². The van der Waals surface area contributed by atoms with Crippen molar-refractivity contribution < 1.29 is 9.59 Å². The number of rotatable bonds is 8. The smallest absolute Gasteiger partial charge is 0.328 e. The van der Waals surface area contributed by atoms with Crippen LogP contribution in [0.5, 0.6) is 0 Å². The van der Waals surface area contributed by atoms with Crippen molar-refractivity contribution in [2.24, 2.45) is 5.92 Å². The average molecular weight is 488 g/mol. The highest BCUT2D eigenvalue weighted by molar-refractivity contribution is 6.07. The van der Waals surface area contributed by atoms with Gasteiger partial charge >= 0.3 is 6.03 Å². The van der Waals surface area contributed by atoms with Crippen LogP contribution in [0.4, 0.5) is 4.79 Å². The maximum absolute atomic E-state index is 13.8. The normalized spacial score (nSPS) is 19.2. The lowest BCUT2D eigenvalue weighted by Crippen LogP contribution is -2.58. The standard InChI is InChI=1S/C29H37N5O2/c1-21(2)19-34-28(36)33(20-24-8-6-7-15-30-24)27(35)29(34)13-16-32(17-14-29)22(3)11-12-23-18-31-26-10-5-4-9-25(23)26/h4-10,15,18,21-22,31H,11-14,16-17,19-20H2,1-3H3/t22-/m1/s1. The number of H-pyrrole nitrogens is 1. The Labute approximate surface area is 213 Å². The Morgan fingerprint density at radius 1 is 1.03 bits per heavy atom. The third kappa shape index (κ3) is 4.52. The number of imide groups is 1. The summed E-state index contributed by atoms with van der Waals surface area (Å²) in [5, 5.41) is 1.30. The molecule has 2 aromatic heterocycles. The van der Waals surface area contributed by atoms with Crippen LogP contribution in [0.2, 0.25) is 0 Å². The van der Waals surface area contributed by atoms with Gasteiger partial charge in [-0.3, -0.25) is 14.7 Å². The Morgan fingerprint density at radius 3 is 2.50 bits per heavy atom. The number of urea groups is 1. The van der Waals surface area contributed by atoms with Gasteiger partial charge in [0.05, 0.1) is 12.2 Å². The largest absolute Gasteiger partial charge is 0.361 e. The van der Waals surface area contributed by atoms with Gasteiger partial charge in [0.1, 0.15) is 5.54 Å². The Hall–Kier alpha value is -3.19. The third-order valence-corrected chi connectivity index (χ3v) is 7.97. The van der Waals surface area contributed by atoms with Crippen molar-refractivity contribution in [2.45, 2.75) is 64.6 Å². The second kappa shape index (κ2) is 10.1. The van der Waals surface area contributed by atoms with Crippen molar-refractivity contribution in [1.82, 2.24) is 24.7 Å². The molecule has 1 aromatic carbocycles. The number of aromatic nitrogens is 2. The predicted octanol–water partition coefficient (Wildman–Crippen LogP) is 4.84. The lowest BCUT2D eigenvalue weighted by Gasteiger charge is -2.44. The van der Waals surface area contributed by atoms with Crippen LogP contribution in [0.1, 0.15) is 51.3 Å². The second-order valence-electron chi connectivity index (χ2n) is 10.8. The van der Waals surface area contributed by atoms with Crippen molar-refractivity contribution in [3.05, 3.63) is 66.1 Å². The molecule has 2 saturated heterocycles. The number of likely N-dealkylation sites (tertiary alicyclic amines) is 1. The minimum absolute atomic E-state index is 0.0510. The fraction of sp³-hybridized carbons (Fsp3) is 0.483. The number of carbonyl (C=O) groups is 2. The van der Waals surface area contributed by atoms with E-state index in [1.807, 2.05) is 23.1 Å². The van der Waals surface area contributed by atoms with Gasteiger partial charge in [0.2, 0.25) is 0 Å². The quantitative estimate of drug-likeness (QED) is 0.462. The van der Waals surface area contributed by atoms with Crippen molar-refractivity contribution in [3.63, 3.8) is 0 Å². The van der Waals surface area contributed by atoms with Gasteiger partial charge in [-0.2, -0.15) is 0 Å². The van der Waals surface area contributed by atoms with Gasteiger partial charge in [-0.25, -0.2) is 4.79 Å². The topological polar surface area (TPSA) is 72.5 Å². The highest BCUT2D eigenvalue weighted by Crippen LogP contribution is 2.39. The molecular weight excluding hydrogens is 450 g/mol. The number of fused-ring (bicyclic) bond motifs is 1. The summed E-state index contributed by atoms with van der Waals surface area (Å²) in [6.07, 6.45) is 7.27. The zero-order valence-corrected chi connectivity index (χ0v) is 21.6. The minimum Gasteiger partial charge on any atom is -0.361 e. The molecule has 3 aromatic rings. The number of carbonyl (C=O) groups excluding carboxylic acids is 2. The SMILES string of the molecule is CC(C)CN1C(=O)N(Cc2ccccn2)C(=O)C12CCN([C@H](C)CCc1c[nH]c3ccccc13)CC2. The first kappa shape index (κ1) is 24.5. The van der Waals surface area contributed by atoms with E-state index in [9.17, 15) is 9.59 Å². The van der Waals surface area contributed by atoms with E-state index in [1.165, 1.54) is 21.4 Å². The molecule has 0 aliphatic carbocycles. The van der Waals surface area contributed by atoms with E-state index in [2.05, 4.69) is 66.1 Å². The van der Waals surface area contributed by atoms with Crippen LogP contribution in [-0.2, 0) is 17.8 Å². The molecule has 1 spiro atoms. The molecule has 2 aliphatic rings. The molecule has 2 aliphatic heterocycles. The Morgan fingerprint density at radius 2 is 1.78 bits per heavy atom. The molecule has 2 fully saturated rings. The monoisotopic (exact) mass is 487 g/mol. The fourth-order valence-corrected chi connectivity index (χ4v) is 5.90. The van der Waals surface area contributed by atoms with Crippen molar-refractivity contribution in [3.8, 4) is 0 Å². The maximum Gasteiger partial charge on any atom is 0.328 e. The Balaban J connectivity index is 1.26. The third-order valence-electron chi connectivity index (χ3n) is 7.97. The number of pyridine rings is 1. The Kier molecular flexibility index (Phi) is 6.84. The first-order chi connectivity index (χ1) is 17.4. The first-order valence-corrected chi connectivity index (χ1v) is 13.2. The molecule has 36 heavy (non-hydrogen) atoms. The number of aromatic amines is 1. The molecule has 190 valence electrons. The summed E-state index contributed by atoms with van der Waals surface area (Å²) in [7, 11) is 0. The molecule has 7 nitrogen and oxygen atoms in total. The predicted molar refractivity (Wildman–Crippen MR) is 141 cm³/mol. The number of benzene rings is 1. The fourth-order valence-electron chi connectivity index (χ4n) is 5.90. The van der Waals surface area contributed by atoms with Crippen LogP contribution >= 0.6 is 0 Å². The number of piperidine rings is 1. The molecule has 0 bridgehead atoms. The van der Waals surface area contributed by atoms with E-state index in [0.717, 1.165) is 31.6 Å². The van der Waals surface area contributed by atoms with Gasteiger partial charge in [-0.15, -0.1) is 0 Å². The van der Waals surface area contributed by atoms with Crippen LogP contribution in [0.25, 0.3) is 10.9 Å². The van der Waals surface area contributed by atoms with E-state index < -0.39 is 5.54 Å². The maximum atomic E-state index is 13.8. The zero-order valence-electron chi connectivity index (χ0n) is 21.6. The number of amides is 3. The zero-order chi connectivity index (χ0) is 25.3. The number of hydrogen-bond donors (Lipinski definition) is 1. The van der Waals surface area contributed by atoms with Gasteiger partial charge < -0.3 is 14.8 Å². The summed E-state index contributed by atoms with van der Waals surface area (Å²) in [6.45, 7) is 8.97.